The molecular weight excluding hydrogens is 542 g/mol. The van der Waals surface area contributed by atoms with Crippen LogP contribution < -0.4 is 20.7 Å². The monoisotopic (exact) mass is 587 g/mol. The van der Waals surface area contributed by atoms with Gasteiger partial charge in [-0.1, -0.05) is 86.6 Å². The Labute approximate surface area is 255 Å². The largest absolute Gasteiger partial charge is 0.494 e. The van der Waals surface area contributed by atoms with E-state index in [2.05, 4.69) is 16.0 Å². The summed E-state index contributed by atoms with van der Waals surface area (Å²) in [7, 11) is 0. The van der Waals surface area contributed by atoms with E-state index in [0.29, 0.717) is 25.3 Å². The second kappa shape index (κ2) is 17.7. The smallest absolute Gasteiger partial charge is 0.243 e. The molecule has 3 rings (SSSR count). The third-order valence-electron chi connectivity index (χ3n) is 7.18. The number of carbonyl (C=O) groups is 3. The fourth-order valence-electron chi connectivity index (χ4n) is 4.84. The minimum Gasteiger partial charge on any atom is -0.494 e. The van der Waals surface area contributed by atoms with E-state index < -0.39 is 18.2 Å². The molecule has 3 aromatic carbocycles. The normalized spacial score (nSPS) is 13.0. The predicted molar refractivity (Wildman–Crippen MR) is 169 cm³/mol. The lowest BCUT2D eigenvalue weighted by atomic mass is 9.96. The lowest BCUT2D eigenvalue weighted by Gasteiger charge is -2.28. The van der Waals surface area contributed by atoms with Crippen molar-refractivity contribution in [1.82, 2.24) is 16.0 Å². The SMILES string of the molecule is CCOc1cccc(CC(=O)NC(C(=O)NC(Cc2ccccc2)C(O)CCC(=O)NCCc2ccccc2)C(C)C)c1. The Bertz CT molecular complexity index is 1280. The highest BCUT2D eigenvalue weighted by Crippen LogP contribution is 2.15. The molecule has 0 bridgehead atoms. The molecule has 0 radical (unpaired) electrons. The molecule has 0 aliphatic carbocycles. The van der Waals surface area contributed by atoms with Crippen LogP contribution in [0.5, 0.6) is 5.75 Å². The number of hydrogen-bond acceptors (Lipinski definition) is 5. The van der Waals surface area contributed by atoms with Gasteiger partial charge >= 0.3 is 0 Å². The van der Waals surface area contributed by atoms with Gasteiger partial charge in [0.1, 0.15) is 11.8 Å². The average Bonchev–Trinajstić information content (AvgIpc) is 2.99. The summed E-state index contributed by atoms with van der Waals surface area (Å²) >= 11 is 0. The highest BCUT2D eigenvalue weighted by atomic mass is 16.5. The van der Waals surface area contributed by atoms with E-state index in [1.54, 1.807) is 0 Å². The molecule has 0 heterocycles. The lowest BCUT2D eigenvalue weighted by molar-refractivity contribution is -0.130. The zero-order valence-electron chi connectivity index (χ0n) is 25.4. The van der Waals surface area contributed by atoms with E-state index in [4.69, 9.17) is 4.74 Å². The van der Waals surface area contributed by atoms with Crippen molar-refractivity contribution in [2.24, 2.45) is 5.92 Å². The van der Waals surface area contributed by atoms with Crippen LogP contribution in [-0.2, 0) is 33.6 Å². The molecule has 3 atom stereocenters. The van der Waals surface area contributed by atoms with Crippen molar-refractivity contribution >= 4 is 17.7 Å². The summed E-state index contributed by atoms with van der Waals surface area (Å²) in [4.78, 5) is 38.9. The molecule has 3 amide bonds. The summed E-state index contributed by atoms with van der Waals surface area (Å²) in [5.41, 5.74) is 2.86. The van der Waals surface area contributed by atoms with E-state index in [0.717, 1.165) is 23.1 Å². The molecule has 0 spiro atoms. The fraction of sp³-hybridized carbons (Fsp3) is 0.400. The quantitative estimate of drug-likeness (QED) is 0.191. The molecule has 0 aliphatic heterocycles. The van der Waals surface area contributed by atoms with E-state index >= 15 is 0 Å². The summed E-state index contributed by atoms with van der Waals surface area (Å²) in [6.45, 7) is 6.66. The molecule has 0 aliphatic rings. The molecular formula is C35H45N3O5. The average molecular weight is 588 g/mol. The van der Waals surface area contributed by atoms with Crippen LogP contribution in [0, 0.1) is 5.92 Å². The molecule has 8 nitrogen and oxygen atoms in total. The van der Waals surface area contributed by atoms with Crippen LogP contribution in [0.1, 0.15) is 50.3 Å². The van der Waals surface area contributed by atoms with Gasteiger partial charge in [-0.3, -0.25) is 14.4 Å². The Kier molecular flexibility index (Phi) is 13.7. The molecule has 0 saturated heterocycles. The minimum absolute atomic E-state index is 0.104. The standard InChI is InChI=1S/C35H45N3O5/c1-4-43-29-17-11-16-28(22-29)24-33(41)38-34(25(2)3)35(42)37-30(23-27-14-9-6-10-15-27)31(39)18-19-32(40)36-21-20-26-12-7-5-8-13-26/h5-17,22,25,30-31,34,39H,4,18-21,23-24H2,1-3H3,(H,36,40)(H,37,42)(H,38,41). The zero-order valence-corrected chi connectivity index (χ0v) is 25.4. The number of hydrogen-bond donors (Lipinski definition) is 4. The molecule has 0 saturated carbocycles. The van der Waals surface area contributed by atoms with Crippen molar-refractivity contribution in [3.63, 3.8) is 0 Å². The van der Waals surface area contributed by atoms with E-state index in [1.165, 1.54) is 0 Å². The van der Waals surface area contributed by atoms with Crippen LogP contribution in [0.15, 0.2) is 84.9 Å². The first kappa shape index (κ1) is 33.3. The van der Waals surface area contributed by atoms with Crippen molar-refractivity contribution < 1.29 is 24.2 Å². The third-order valence-corrected chi connectivity index (χ3v) is 7.18. The second-order valence-corrected chi connectivity index (χ2v) is 11.0. The van der Waals surface area contributed by atoms with Gasteiger partial charge < -0.3 is 25.8 Å². The van der Waals surface area contributed by atoms with Gasteiger partial charge in [0.15, 0.2) is 0 Å². The van der Waals surface area contributed by atoms with Gasteiger partial charge in [0.2, 0.25) is 17.7 Å². The van der Waals surface area contributed by atoms with Gasteiger partial charge in [0.05, 0.1) is 25.2 Å². The van der Waals surface area contributed by atoms with Crippen LogP contribution in [0.25, 0.3) is 0 Å². The number of aliphatic hydroxyl groups is 1. The van der Waals surface area contributed by atoms with E-state index in [1.807, 2.05) is 106 Å². The van der Waals surface area contributed by atoms with Gasteiger partial charge in [-0.25, -0.2) is 0 Å². The van der Waals surface area contributed by atoms with E-state index in [9.17, 15) is 19.5 Å². The first-order valence-corrected chi connectivity index (χ1v) is 15.1. The van der Waals surface area contributed by atoms with Crippen molar-refractivity contribution in [3.8, 4) is 5.75 Å². The zero-order chi connectivity index (χ0) is 31.0. The minimum atomic E-state index is -0.964. The highest BCUT2D eigenvalue weighted by molar-refractivity contribution is 5.88. The molecule has 0 fully saturated rings. The fourth-order valence-corrected chi connectivity index (χ4v) is 4.84. The third kappa shape index (κ3) is 11.9. The molecule has 3 unspecified atom stereocenters. The Morgan fingerprint density at radius 3 is 2.12 bits per heavy atom. The predicted octanol–water partition coefficient (Wildman–Crippen LogP) is 4.00. The summed E-state index contributed by atoms with van der Waals surface area (Å²) in [5.74, 6) is -0.314. The number of aliphatic hydroxyl groups excluding tert-OH is 1. The van der Waals surface area contributed by atoms with Gasteiger partial charge in [0.25, 0.3) is 0 Å². The number of carbonyl (C=O) groups excluding carboxylic acids is 3. The summed E-state index contributed by atoms with van der Waals surface area (Å²) in [5, 5.41) is 19.9. The Morgan fingerprint density at radius 1 is 0.814 bits per heavy atom. The maximum Gasteiger partial charge on any atom is 0.243 e. The molecule has 8 heteroatoms. The van der Waals surface area contributed by atoms with Gasteiger partial charge in [-0.05, 0) is 60.9 Å². The van der Waals surface area contributed by atoms with Crippen LogP contribution in [0.3, 0.4) is 0 Å². The summed E-state index contributed by atoms with van der Waals surface area (Å²) in [6.07, 6.45) is 0.557. The molecule has 43 heavy (non-hydrogen) atoms. The number of nitrogens with one attached hydrogen (secondary N) is 3. The van der Waals surface area contributed by atoms with E-state index in [-0.39, 0.29) is 42.9 Å². The Balaban J connectivity index is 1.60. The number of rotatable bonds is 17. The van der Waals surface area contributed by atoms with Crippen molar-refractivity contribution in [2.45, 2.75) is 71.1 Å². The highest BCUT2D eigenvalue weighted by Gasteiger charge is 2.29. The lowest BCUT2D eigenvalue weighted by Crippen LogP contribution is -2.55. The number of ether oxygens (including phenoxy) is 1. The van der Waals surface area contributed by atoms with Gasteiger partial charge in [0, 0.05) is 13.0 Å². The second-order valence-electron chi connectivity index (χ2n) is 11.0. The maximum atomic E-state index is 13.5. The Hall–Kier alpha value is -4.17. The molecule has 4 N–H and O–H groups in total. The van der Waals surface area contributed by atoms with Gasteiger partial charge in [-0.15, -0.1) is 0 Å². The summed E-state index contributed by atoms with van der Waals surface area (Å²) < 4.78 is 5.53. The number of benzene rings is 3. The molecule has 3 aromatic rings. The van der Waals surface area contributed by atoms with Crippen molar-refractivity contribution in [2.75, 3.05) is 13.2 Å². The number of amides is 3. The van der Waals surface area contributed by atoms with Crippen LogP contribution >= 0.6 is 0 Å². The Morgan fingerprint density at radius 2 is 1.47 bits per heavy atom. The van der Waals surface area contributed by atoms with Crippen LogP contribution in [0.2, 0.25) is 0 Å². The first-order valence-electron chi connectivity index (χ1n) is 15.1. The van der Waals surface area contributed by atoms with Gasteiger partial charge in [-0.2, -0.15) is 0 Å². The van der Waals surface area contributed by atoms with Crippen molar-refractivity contribution in [3.05, 3.63) is 102 Å². The topological polar surface area (TPSA) is 117 Å². The molecule has 230 valence electrons. The van der Waals surface area contributed by atoms with Crippen molar-refractivity contribution in [1.29, 1.82) is 0 Å². The van der Waals surface area contributed by atoms with Crippen LogP contribution in [0.4, 0.5) is 0 Å². The molecule has 0 aromatic heterocycles. The first-order chi connectivity index (χ1) is 20.7. The maximum absolute atomic E-state index is 13.5. The van der Waals surface area contributed by atoms with Crippen LogP contribution in [-0.4, -0.2) is 54.2 Å². The summed E-state index contributed by atoms with van der Waals surface area (Å²) in [6, 6.07) is 25.4.